The second-order valence-corrected chi connectivity index (χ2v) is 9.37. The van der Waals surface area contributed by atoms with Crippen molar-refractivity contribution in [3.05, 3.63) is 52.9 Å². The highest BCUT2D eigenvalue weighted by molar-refractivity contribution is 5.97. The lowest BCUT2D eigenvalue weighted by Gasteiger charge is -2.33. The summed E-state index contributed by atoms with van der Waals surface area (Å²) < 4.78 is 34.9. The first-order valence-electron chi connectivity index (χ1n) is 12.2. The molecule has 5 rings (SSSR count). The SMILES string of the molecule is CCC1Oc2c(F)cc(CN3CCC(c4ccc(C(=O)NN5CCC5)nc4F)CC3)cc2NC1=O. The highest BCUT2D eigenvalue weighted by Gasteiger charge is 2.30. The number of anilines is 1. The number of halogens is 2. The number of aromatic nitrogens is 1. The molecule has 1 unspecified atom stereocenters. The van der Waals surface area contributed by atoms with Gasteiger partial charge in [0.15, 0.2) is 17.7 Å². The van der Waals surface area contributed by atoms with Crippen molar-refractivity contribution in [2.75, 3.05) is 31.5 Å². The number of nitrogens with one attached hydrogen (secondary N) is 2. The summed E-state index contributed by atoms with van der Waals surface area (Å²) in [5, 5.41) is 4.52. The number of amides is 2. The number of fused-ring (bicyclic) bond motifs is 1. The summed E-state index contributed by atoms with van der Waals surface area (Å²) in [4.78, 5) is 30.4. The number of likely N-dealkylation sites (tertiary alicyclic amines) is 1. The molecule has 0 aliphatic carbocycles. The molecule has 0 saturated carbocycles. The molecule has 35 heavy (non-hydrogen) atoms. The molecule has 1 aromatic heterocycles. The molecule has 3 aliphatic heterocycles. The number of ether oxygens (including phenoxy) is 1. The second-order valence-electron chi connectivity index (χ2n) is 9.37. The maximum absolute atomic E-state index is 14.8. The maximum Gasteiger partial charge on any atom is 0.284 e. The molecular weight excluding hydrogens is 456 g/mol. The van der Waals surface area contributed by atoms with Crippen molar-refractivity contribution in [3.8, 4) is 5.75 Å². The summed E-state index contributed by atoms with van der Waals surface area (Å²) >= 11 is 0. The fourth-order valence-corrected chi connectivity index (χ4v) is 4.80. The predicted molar refractivity (Wildman–Crippen MR) is 125 cm³/mol. The van der Waals surface area contributed by atoms with Crippen molar-refractivity contribution in [2.45, 2.75) is 51.2 Å². The quantitative estimate of drug-likeness (QED) is 0.612. The molecule has 0 radical (unpaired) electrons. The maximum atomic E-state index is 14.8. The van der Waals surface area contributed by atoms with E-state index in [0.29, 0.717) is 37.3 Å². The largest absolute Gasteiger partial charge is 0.475 e. The van der Waals surface area contributed by atoms with E-state index in [9.17, 15) is 18.4 Å². The predicted octanol–water partition coefficient (Wildman–Crippen LogP) is 3.20. The lowest BCUT2D eigenvalue weighted by molar-refractivity contribution is -0.123. The summed E-state index contributed by atoms with van der Waals surface area (Å²) in [6.45, 7) is 5.34. The Labute approximate surface area is 202 Å². The van der Waals surface area contributed by atoms with E-state index < -0.39 is 23.8 Å². The van der Waals surface area contributed by atoms with Crippen molar-refractivity contribution in [2.24, 2.45) is 0 Å². The minimum atomic E-state index is -0.680. The fraction of sp³-hybridized carbons (Fsp3) is 0.480. The van der Waals surface area contributed by atoms with Gasteiger partial charge < -0.3 is 10.1 Å². The van der Waals surface area contributed by atoms with Crippen LogP contribution in [0, 0.1) is 11.8 Å². The van der Waals surface area contributed by atoms with Gasteiger partial charge in [0.1, 0.15) is 5.69 Å². The highest BCUT2D eigenvalue weighted by Crippen LogP contribution is 2.35. The van der Waals surface area contributed by atoms with Crippen LogP contribution in [0.3, 0.4) is 0 Å². The zero-order valence-electron chi connectivity index (χ0n) is 19.7. The molecule has 1 aromatic carbocycles. The molecule has 1 atom stereocenters. The van der Waals surface area contributed by atoms with Crippen LogP contribution in [-0.2, 0) is 11.3 Å². The van der Waals surface area contributed by atoms with E-state index in [0.717, 1.165) is 37.9 Å². The fourth-order valence-electron chi connectivity index (χ4n) is 4.80. The van der Waals surface area contributed by atoms with Gasteiger partial charge in [-0.15, -0.1) is 0 Å². The Hall–Kier alpha value is -3.11. The summed E-state index contributed by atoms with van der Waals surface area (Å²) in [5.74, 6) is -1.66. The number of pyridine rings is 1. The Morgan fingerprint density at radius 1 is 1.20 bits per heavy atom. The molecule has 10 heteroatoms. The number of piperidine rings is 1. The molecule has 3 aliphatic rings. The Morgan fingerprint density at radius 3 is 2.63 bits per heavy atom. The molecule has 4 heterocycles. The van der Waals surface area contributed by atoms with E-state index >= 15 is 0 Å². The average molecular weight is 486 g/mol. The van der Waals surface area contributed by atoms with Crippen molar-refractivity contribution < 1.29 is 23.1 Å². The summed E-state index contributed by atoms with van der Waals surface area (Å²) in [7, 11) is 0. The van der Waals surface area contributed by atoms with Gasteiger partial charge in [0.05, 0.1) is 5.69 Å². The lowest BCUT2D eigenvalue weighted by Crippen LogP contribution is -2.50. The molecule has 2 N–H and O–H groups in total. The molecule has 8 nitrogen and oxygen atoms in total. The first-order chi connectivity index (χ1) is 16.9. The third-order valence-corrected chi connectivity index (χ3v) is 6.94. The average Bonchev–Trinajstić information content (AvgIpc) is 2.81. The van der Waals surface area contributed by atoms with E-state index in [-0.39, 0.29) is 23.3 Å². The summed E-state index contributed by atoms with van der Waals surface area (Å²) in [6, 6.07) is 6.44. The number of carbonyl (C=O) groups is 2. The van der Waals surface area contributed by atoms with Crippen LogP contribution in [0.15, 0.2) is 24.3 Å². The van der Waals surface area contributed by atoms with Crippen LogP contribution >= 0.6 is 0 Å². The Morgan fingerprint density at radius 2 is 1.97 bits per heavy atom. The Balaban J connectivity index is 1.19. The van der Waals surface area contributed by atoms with Crippen LogP contribution in [-0.4, -0.2) is 59.0 Å². The molecular formula is C25H29F2N5O3. The van der Waals surface area contributed by atoms with Gasteiger partial charge in [-0.3, -0.25) is 19.9 Å². The highest BCUT2D eigenvalue weighted by atomic mass is 19.1. The van der Waals surface area contributed by atoms with Crippen molar-refractivity contribution >= 4 is 17.5 Å². The molecule has 2 aromatic rings. The van der Waals surface area contributed by atoms with Gasteiger partial charge in [-0.2, -0.15) is 4.39 Å². The molecule has 0 bridgehead atoms. The molecule has 0 spiro atoms. The zero-order chi connectivity index (χ0) is 24.5. The van der Waals surface area contributed by atoms with Gasteiger partial charge in [0.2, 0.25) is 5.95 Å². The van der Waals surface area contributed by atoms with E-state index in [4.69, 9.17) is 4.74 Å². The van der Waals surface area contributed by atoms with Crippen molar-refractivity contribution in [1.29, 1.82) is 0 Å². The summed E-state index contributed by atoms with van der Waals surface area (Å²) in [5.41, 5.74) is 4.42. The number of benzene rings is 1. The smallest absolute Gasteiger partial charge is 0.284 e. The van der Waals surface area contributed by atoms with Crippen LogP contribution in [0.2, 0.25) is 0 Å². The minimum Gasteiger partial charge on any atom is -0.475 e. The van der Waals surface area contributed by atoms with E-state index in [1.54, 1.807) is 23.2 Å². The van der Waals surface area contributed by atoms with Crippen LogP contribution in [0.1, 0.15) is 60.1 Å². The van der Waals surface area contributed by atoms with Gasteiger partial charge in [-0.05, 0) is 68.5 Å². The standard InChI is InChI=1S/C25H29F2N5O3/c1-2-21-25(34)29-20-13-15(12-18(26)22(20)35-21)14-31-10-6-16(7-11-31)17-4-5-19(28-23(17)27)24(33)30-32-8-3-9-32/h4-5,12-13,16,21H,2-3,6-11,14H2,1H3,(H,29,34)(H,30,33). The van der Waals surface area contributed by atoms with Crippen molar-refractivity contribution in [1.82, 2.24) is 20.3 Å². The Kier molecular flexibility index (Phi) is 6.66. The van der Waals surface area contributed by atoms with Crippen LogP contribution in [0.4, 0.5) is 14.5 Å². The van der Waals surface area contributed by atoms with E-state index in [2.05, 4.69) is 20.6 Å². The number of hydrazine groups is 1. The topological polar surface area (TPSA) is 86.8 Å². The van der Waals surface area contributed by atoms with Crippen LogP contribution in [0.25, 0.3) is 0 Å². The molecule has 186 valence electrons. The second kappa shape index (κ2) is 9.87. The van der Waals surface area contributed by atoms with Crippen LogP contribution in [0.5, 0.6) is 5.75 Å². The Bertz CT molecular complexity index is 1130. The van der Waals surface area contributed by atoms with Gasteiger partial charge in [-0.25, -0.2) is 14.4 Å². The third-order valence-electron chi connectivity index (χ3n) is 6.94. The number of hydrogen-bond donors (Lipinski definition) is 2. The lowest BCUT2D eigenvalue weighted by atomic mass is 9.90. The van der Waals surface area contributed by atoms with Gasteiger partial charge in [0.25, 0.3) is 11.8 Å². The molecule has 2 saturated heterocycles. The van der Waals surface area contributed by atoms with Crippen molar-refractivity contribution in [3.63, 3.8) is 0 Å². The monoisotopic (exact) mass is 485 g/mol. The van der Waals surface area contributed by atoms with Crippen LogP contribution < -0.4 is 15.5 Å². The number of hydrogen-bond acceptors (Lipinski definition) is 6. The number of carbonyl (C=O) groups excluding carboxylic acids is 2. The van der Waals surface area contributed by atoms with Gasteiger partial charge in [0, 0.05) is 25.2 Å². The number of nitrogens with zero attached hydrogens (tertiary/aromatic N) is 3. The van der Waals surface area contributed by atoms with E-state index in [1.165, 1.54) is 6.07 Å². The van der Waals surface area contributed by atoms with Gasteiger partial charge in [-0.1, -0.05) is 13.0 Å². The normalized spacial score (nSPS) is 21.0. The first kappa shape index (κ1) is 23.6. The zero-order valence-corrected chi connectivity index (χ0v) is 19.7. The first-order valence-corrected chi connectivity index (χ1v) is 12.2. The molecule has 2 fully saturated rings. The third kappa shape index (κ3) is 4.99. The number of rotatable bonds is 6. The molecule has 2 amide bonds. The minimum absolute atomic E-state index is 0.00479. The summed E-state index contributed by atoms with van der Waals surface area (Å²) in [6.07, 6.45) is 2.27. The van der Waals surface area contributed by atoms with E-state index in [1.807, 2.05) is 6.92 Å². The van der Waals surface area contributed by atoms with Gasteiger partial charge >= 0.3 is 0 Å².